The zero-order valence-corrected chi connectivity index (χ0v) is 14.4. The first-order valence-electron chi connectivity index (χ1n) is 7.01. The van der Waals surface area contributed by atoms with Crippen molar-refractivity contribution < 1.29 is 19.4 Å². The fourth-order valence-electron chi connectivity index (χ4n) is 1.64. The molecule has 126 valence electrons. The van der Waals surface area contributed by atoms with Crippen molar-refractivity contribution in [3.05, 3.63) is 0 Å². The van der Waals surface area contributed by atoms with Gasteiger partial charge in [0.1, 0.15) is 12.1 Å². The highest BCUT2D eigenvalue weighted by atomic mass is 16.5. The molecule has 0 saturated carbocycles. The van der Waals surface area contributed by atoms with Gasteiger partial charge in [-0.3, -0.25) is 9.59 Å². The lowest BCUT2D eigenvalue weighted by molar-refractivity contribution is -0.143. The van der Waals surface area contributed by atoms with Crippen molar-refractivity contribution >= 4 is 11.9 Å². The molecular weight excluding hydrogens is 272 g/mol. The van der Waals surface area contributed by atoms with Crippen LogP contribution in [0.3, 0.4) is 0 Å². The van der Waals surface area contributed by atoms with E-state index in [2.05, 4.69) is 4.74 Å². The van der Waals surface area contributed by atoms with E-state index < -0.39 is 18.1 Å². The molecule has 0 bridgehead atoms. The summed E-state index contributed by atoms with van der Waals surface area (Å²) in [5.74, 6) is -1.25. The predicted molar refractivity (Wildman–Crippen MR) is 83.7 cm³/mol. The van der Waals surface area contributed by atoms with Crippen molar-refractivity contribution in [1.82, 2.24) is 0 Å². The molecule has 0 radical (unpaired) electrons. The van der Waals surface area contributed by atoms with Gasteiger partial charge in [0.05, 0.1) is 7.11 Å². The Morgan fingerprint density at radius 2 is 1.29 bits per heavy atom. The highest BCUT2D eigenvalue weighted by Crippen LogP contribution is 2.20. The Kier molecular flexibility index (Phi) is 9.49. The van der Waals surface area contributed by atoms with Crippen molar-refractivity contribution in [1.29, 1.82) is 0 Å². The maximum Gasteiger partial charge on any atom is 0.322 e. The molecule has 0 aromatic rings. The van der Waals surface area contributed by atoms with E-state index in [-0.39, 0.29) is 16.8 Å². The van der Waals surface area contributed by atoms with Crippen molar-refractivity contribution in [2.24, 2.45) is 22.3 Å². The lowest BCUT2D eigenvalue weighted by Gasteiger charge is -2.21. The molecule has 5 N–H and O–H groups in total. The van der Waals surface area contributed by atoms with E-state index in [4.69, 9.17) is 16.6 Å². The van der Waals surface area contributed by atoms with Gasteiger partial charge >= 0.3 is 11.9 Å². The number of rotatable bonds is 4. The van der Waals surface area contributed by atoms with Gasteiger partial charge in [0.15, 0.2) is 0 Å². The molecule has 2 atom stereocenters. The molecule has 0 fully saturated rings. The monoisotopic (exact) mass is 304 g/mol. The first kappa shape index (κ1) is 22.1. The second-order valence-corrected chi connectivity index (χ2v) is 7.60. The summed E-state index contributed by atoms with van der Waals surface area (Å²) in [4.78, 5) is 21.1. The number of hydrogen-bond acceptors (Lipinski definition) is 5. The van der Waals surface area contributed by atoms with Gasteiger partial charge in [-0.05, 0) is 23.7 Å². The lowest BCUT2D eigenvalue weighted by atomic mass is 9.88. The van der Waals surface area contributed by atoms with Crippen LogP contribution in [0.4, 0.5) is 0 Å². The first-order valence-corrected chi connectivity index (χ1v) is 7.01. The smallest absolute Gasteiger partial charge is 0.322 e. The molecule has 0 aliphatic carbocycles. The number of nitrogens with two attached hydrogens (primary N) is 2. The molecule has 0 spiro atoms. The number of carbonyl (C=O) groups is 2. The largest absolute Gasteiger partial charge is 0.480 e. The Balaban J connectivity index is 0. The number of carbonyl (C=O) groups excluding carboxylic acids is 1. The number of ether oxygens (including phenoxy) is 1. The Labute approximate surface area is 128 Å². The predicted octanol–water partition coefficient (Wildman–Crippen LogP) is 1.76. The second-order valence-electron chi connectivity index (χ2n) is 7.60. The van der Waals surface area contributed by atoms with Gasteiger partial charge in [-0.15, -0.1) is 0 Å². The van der Waals surface area contributed by atoms with E-state index in [0.29, 0.717) is 12.8 Å². The van der Waals surface area contributed by atoms with Gasteiger partial charge < -0.3 is 21.3 Å². The fourth-order valence-corrected chi connectivity index (χ4v) is 1.64. The lowest BCUT2D eigenvalue weighted by Crippen LogP contribution is -2.35. The number of carboxylic acid groups (broad SMARTS) is 1. The van der Waals surface area contributed by atoms with Gasteiger partial charge in [-0.1, -0.05) is 41.5 Å². The topological polar surface area (TPSA) is 116 Å². The third kappa shape index (κ3) is 15.1. The van der Waals surface area contributed by atoms with Crippen LogP contribution in [-0.4, -0.2) is 36.2 Å². The minimum absolute atomic E-state index is 0.00218. The van der Waals surface area contributed by atoms with Gasteiger partial charge in [-0.25, -0.2) is 0 Å². The van der Waals surface area contributed by atoms with E-state index in [1.165, 1.54) is 7.11 Å². The molecule has 6 nitrogen and oxygen atoms in total. The standard InChI is InChI=1S/C8H17NO2.C7H15NO2/c1-8(2,3)5-6(9)7(10)11-4;1-7(2,3)4-5(8)6(9)10/h6H,5,9H2,1-4H3;5H,4,8H2,1-3H3,(H,9,10). The average molecular weight is 304 g/mol. The van der Waals surface area contributed by atoms with Crippen LogP contribution >= 0.6 is 0 Å². The van der Waals surface area contributed by atoms with E-state index in [9.17, 15) is 9.59 Å². The Morgan fingerprint density at radius 3 is 1.48 bits per heavy atom. The van der Waals surface area contributed by atoms with Gasteiger partial charge in [0.25, 0.3) is 0 Å². The number of methoxy groups -OCH3 is 1. The normalized spacial score (nSPS) is 14.5. The molecule has 0 aromatic carbocycles. The summed E-state index contributed by atoms with van der Waals surface area (Å²) in [5.41, 5.74) is 10.9. The molecule has 21 heavy (non-hydrogen) atoms. The van der Waals surface area contributed by atoms with Crippen LogP contribution in [0.1, 0.15) is 54.4 Å². The molecular formula is C15H32N2O4. The molecule has 0 heterocycles. The summed E-state index contributed by atoms with van der Waals surface area (Å²) in [7, 11) is 1.35. The quantitative estimate of drug-likeness (QED) is 0.681. The third-order valence-corrected chi connectivity index (χ3v) is 2.49. The highest BCUT2D eigenvalue weighted by Gasteiger charge is 2.21. The van der Waals surface area contributed by atoms with Crippen molar-refractivity contribution in [2.75, 3.05) is 7.11 Å². The van der Waals surface area contributed by atoms with E-state index in [0.717, 1.165) is 0 Å². The number of carboxylic acids is 1. The highest BCUT2D eigenvalue weighted by molar-refractivity contribution is 5.75. The zero-order chi connectivity index (χ0) is 17.4. The zero-order valence-electron chi connectivity index (χ0n) is 14.4. The van der Waals surface area contributed by atoms with Crippen molar-refractivity contribution in [3.8, 4) is 0 Å². The Morgan fingerprint density at radius 1 is 0.952 bits per heavy atom. The molecule has 0 aliphatic rings. The second kappa shape index (κ2) is 9.00. The minimum Gasteiger partial charge on any atom is -0.480 e. The average Bonchev–Trinajstić information content (AvgIpc) is 2.24. The van der Waals surface area contributed by atoms with Crippen molar-refractivity contribution in [3.63, 3.8) is 0 Å². The Hall–Kier alpha value is -1.14. The molecule has 0 amide bonds. The van der Waals surface area contributed by atoms with E-state index in [1.54, 1.807) is 0 Å². The molecule has 6 heteroatoms. The first-order chi connectivity index (χ1) is 9.19. The Bertz CT molecular complexity index is 330. The molecule has 0 saturated heterocycles. The van der Waals surface area contributed by atoms with E-state index >= 15 is 0 Å². The minimum atomic E-state index is -0.921. The van der Waals surface area contributed by atoms with Crippen molar-refractivity contribution in [2.45, 2.75) is 66.5 Å². The van der Waals surface area contributed by atoms with E-state index in [1.807, 2.05) is 41.5 Å². The fraction of sp³-hybridized carbons (Fsp3) is 0.867. The molecule has 2 unspecified atom stereocenters. The summed E-state index contributed by atoms with van der Waals surface area (Å²) >= 11 is 0. The summed E-state index contributed by atoms with van der Waals surface area (Å²) in [6.45, 7) is 12.0. The molecule has 0 aliphatic heterocycles. The summed E-state index contributed by atoms with van der Waals surface area (Å²) in [6.07, 6.45) is 1.17. The summed E-state index contributed by atoms with van der Waals surface area (Å²) < 4.78 is 4.49. The molecule has 0 rings (SSSR count). The molecule has 0 aromatic heterocycles. The van der Waals surface area contributed by atoms with Crippen LogP contribution in [0.15, 0.2) is 0 Å². The number of hydrogen-bond donors (Lipinski definition) is 3. The van der Waals surface area contributed by atoms with Crippen LogP contribution in [0.2, 0.25) is 0 Å². The van der Waals surface area contributed by atoms with Crippen LogP contribution in [0.25, 0.3) is 0 Å². The van der Waals surface area contributed by atoms with Gasteiger partial charge in [0.2, 0.25) is 0 Å². The van der Waals surface area contributed by atoms with Crippen LogP contribution in [0.5, 0.6) is 0 Å². The van der Waals surface area contributed by atoms with Gasteiger partial charge in [-0.2, -0.15) is 0 Å². The SMILES string of the molecule is CC(C)(C)CC(N)C(=O)O.COC(=O)C(N)CC(C)(C)C. The van der Waals surface area contributed by atoms with Gasteiger partial charge in [0, 0.05) is 0 Å². The summed E-state index contributed by atoms with van der Waals surface area (Å²) in [5, 5.41) is 8.42. The summed E-state index contributed by atoms with van der Waals surface area (Å²) in [6, 6.07) is -1.21. The third-order valence-electron chi connectivity index (χ3n) is 2.49. The maximum absolute atomic E-state index is 10.8. The van der Waals surface area contributed by atoms with Crippen LogP contribution in [-0.2, 0) is 14.3 Å². The number of aliphatic carboxylic acids is 1. The maximum atomic E-state index is 10.8. The van der Waals surface area contributed by atoms with Crippen LogP contribution in [0, 0.1) is 10.8 Å². The number of esters is 1. The van der Waals surface area contributed by atoms with Crippen LogP contribution < -0.4 is 11.5 Å².